The SMILES string of the molecule is C[C@H]1CN(C(=O)CC(C)(O)C(F)(F)F)CCN1C(=O)C1CC(F)(CO)C1. The van der Waals surface area contributed by atoms with Gasteiger partial charge in [0.05, 0.1) is 13.0 Å². The molecule has 2 N–H and O–H groups in total. The van der Waals surface area contributed by atoms with Gasteiger partial charge in [-0.05, 0) is 26.7 Å². The second kappa shape index (κ2) is 6.95. The molecule has 0 spiro atoms. The van der Waals surface area contributed by atoms with Gasteiger partial charge < -0.3 is 20.0 Å². The summed E-state index contributed by atoms with van der Waals surface area (Å²) in [6.45, 7) is 1.81. The smallest absolute Gasteiger partial charge is 0.393 e. The number of rotatable bonds is 4. The van der Waals surface area contributed by atoms with Gasteiger partial charge in [-0.2, -0.15) is 13.2 Å². The molecule has 1 saturated carbocycles. The maximum atomic E-state index is 13.7. The highest BCUT2D eigenvalue weighted by Gasteiger charge is 2.52. The van der Waals surface area contributed by atoms with Crippen LogP contribution in [-0.2, 0) is 9.59 Å². The van der Waals surface area contributed by atoms with Crippen molar-refractivity contribution in [1.82, 2.24) is 9.80 Å². The quantitative estimate of drug-likeness (QED) is 0.705. The van der Waals surface area contributed by atoms with Gasteiger partial charge in [-0.3, -0.25) is 9.59 Å². The largest absolute Gasteiger partial charge is 0.417 e. The molecule has 0 aromatic carbocycles. The maximum absolute atomic E-state index is 13.7. The van der Waals surface area contributed by atoms with E-state index in [4.69, 9.17) is 5.11 Å². The first-order valence-corrected chi connectivity index (χ1v) is 8.47. The highest BCUT2D eigenvalue weighted by molar-refractivity contribution is 5.81. The molecule has 0 radical (unpaired) electrons. The molecule has 2 rings (SSSR count). The van der Waals surface area contributed by atoms with Crippen LogP contribution in [0.1, 0.15) is 33.1 Å². The lowest BCUT2D eigenvalue weighted by Crippen LogP contribution is -2.60. The van der Waals surface area contributed by atoms with E-state index >= 15 is 0 Å². The molecule has 1 unspecified atom stereocenters. The molecule has 150 valence electrons. The predicted molar refractivity (Wildman–Crippen MR) is 82.7 cm³/mol. The van der Waals surface area contributed by atoms with Crippen LogP contribution in [0.15, 0.2) is 0 Å². The summed E-state index contributed by atoms with van der Waals surface area (Å²) in [5, 5.41) is 18.4. The standard InChI is InChI=1S/C16H24F4N2O4/c1-10-8-21(12(24)7-14(2,26)16(18,19)20)3-4-22(10)13(25)11-5-15(17,6-11)9-23/h10-11,23,26H,3-9H2,1-2H3/t10-,11?,14?,15?/m0/s1. The normalized spacial score (nSPS) is 32.0. The molecule has 10 heteroatoms. The average molecular weight is 384 g/mol. The molecule has 1 saturated heterocycles. The fourth-order valence-electron chi connectivity index (χ4n) is 3.38. The van der Waals surface area contributed by atoms with Crippen molar-refractivity contribution in [2.24, 2.45) is 5.92 Å². The highest BCUT2D eigenvalue weighted by Crippen LogP contribution is 2.42. The van der Waals surface area contributed by atoms with E-state index in [-0.39, 0.29) is 38.4 Å². The summed E-state index contributed by atoms with van der Waals surface area (Å²) in [7, 11) is 0. The van der Waals surface area contributed by atoms with Crippen LogP contribution in [0.4, 0.5) is 17.6 Å². The Balaban J connectivity index is 1.90. The van der Waals surface area contributed by atoms with Gasteiger partial charge in [-0.25, -0.2) is 4.39 Å². The van der Waals surface area contributed by atoms with E-state index in [2.05, 4.69) is 0 Å². The fourth-order valence-corrected chi connectivity index (χ4v) is 3.38. The minimum atomic E-state index is -4.91. The third-order valence-electron chi connectivity index (χ3n) is 5.23. The van der Waals surface area contributed by atoms with Crippen molar-refractivity contribution in [3.8, 4) is 0 Å². The van der Waals surface area contributed by atoms with Crippen molar-refractivity contribution in [2.45, 2.75) is 56.6 Å². The van der Waals surface area contributed by atoms with E-state index in [1.165, 1.54) is 9.80 Å². The van der Waals surface area contributed by atoms with Gasteiger partial charge in [0.25, 0.3) is 0 Å². The number of hydrogen-bond donors (Lipinski definition) is 2. The molecule has 1 heterocycles. The Morgan fingerprint density at radius 3 is 2.27 bits per heavy atom. The molecule has 2 aliphatic rings. The number of alkyl halides is 4. The van der Waals surface area contributed by atoms with Crippen LogP contribution in [0.3, 0.4) is 0 Å². The average Bonchev–Trinajstić information content (AvgIpc) is 2.49. The number of nitrogens with zero attached hydrogens (tertiary/aromatic N) is 2. The Labute approximate surface area is 148 Å². The third-order valence-corrected chi connectivity index (χ3v) is 5.23. The van der Waals surface area contributed by atoms with Crippen LogP contribution in [-0.4, -0.2) is 81.6 Å². The van der Waals surface area contributed by atoms with Gasteiger partial charge in [0.2, 0.25) is 11.8 Å². The van der Waals surface area contributed by atoms with Gasteiger partial charge in [-0.1, -0.05) is 0 Å². The summed E-state index contributed by atoms with van der Waals surface area (Å²) in [5.74, 6) is -1.63. The van der Waals surface area contributed by atoms with Crippen molar-refractivity contribution >= 4 is 11.8 Å². The van der Waals surface area contributed by atoms with Crippen LogP contribution in [0.25, 0.3) is 0 Å². The number of aliphatic hydroxyl groups excluding tert-OH is 1. The molecule has 0 aromatic rings. The highest BCUT2D eigenvalue weighted by atomic mass is 19.4. The molecular formula is C16H24F4N2O4. The molecule has 1 aliphatic carbocycles. The lowest BCUT2D eigenvalue weighted by atomic mass is 9.72. The molecule has 6 nitrogen and oxygen atoms in total. The Morgan fingerprint density at radius 1 is 1.23 bits per heavy atom. The monoisotopic (exact) mass is 384 g/mol. The van der Waals surface area contributed by atoms with Crippen molar-refractivity contribution in [3.63, 3.8) is 0 Å². The fraction of sp³-hybridized carbons (Fsp3) is 0.875. The lowest BCUT2D eigenvalue weighted by Gasteiger charge is -2.46. The van der Waals surface area contributed by atoms with Gasteiger partial charge >= 0.3 is 6.18 Å². The van der Waals surface area contributed by atoms with Gasteiger partial charge in [-0.15, -0.1) is 0 Å². The summed E-state index contributed by atoms with van der Waals surface area (Å²) in [5.41, 5.74) is -4.83. The van der Waals surface area contributed by atoms with Gasteiger partial charge in [0.1, 0.15) is 5.67 Å². The Bertz CT molecular complexity index is 561. The molecule has 0 bridgehead atoms. The van der Waals surface area contributed by atoms with Crippen LogP contribution in [0, 0.1) is 5.92 Å². The van der Waals surface area contributed by atoms with Crippen molar-refractivity contribution < 1.29 is 37.4 Å². The van der Waals surface area contributed by atoms with Gasteiger partial charge in [0.15, 0.2) is 5.60 Å². The lowest BCUT2D eigenvalue weighted by molar-refractivity contribution is -0.254. The molecule has 2 fully saturated rings. The van der Waals surface area contributed by atoms with Crippen LogP contribution < -0.4 is 0 Å². The summed E-state index contributed by atoms with van der Waals surface area (Å²) >= 11 is 0. The molecule has 2 amide bonds. The zero-order valence-corrected chi connectivity index (χ0v) is 14.7. The summed E-state index contributed by atoms with van der Waals surface area (Å²) in [6.07, 6.45) is -6.10. The molecule has 0 aromatic heterocycles. The van der Waals surface area contributed by atoms with E-state index in [0.29, 0.717) is 6.92 Å². The third kappa shape index (κ3) is 4.11. The van der Waals surface area contributed by atoms with Gasteiger partial charge in [0, 0.05) is 31.6 Å². The Hall–Kier alpha value is -1.42. The minimum Gasteiger partial charge on any atom is -0.393 e. The second-order valence-electron chi connectivity index (χ2n) is 7.58. The number of piperazine rings is 1. The summed E-state index contributed by atoms with van der Waals surface area (Å²) in [4.78, 5) is 27.2. The van der Waals surface area contributed by atoms with E-state index < -0.39 is 48.3 Å². The number of carbonyl (C=O) groups excluding carboxylic acids is 2. The molecule has 2 atom stereocenters. The number of amides is 2. The van der Waals surface area contributed by atoms with Crippen molar-refractivity contribution in [2.75, 3.05) is 26.2 Å². The van der Waals surface area contributed by atoms with Crippen LogP contribution in [0.5, 0.6) is 0 Å². The first-order valence-electron chi connectivity index (χ1n) is 8.47. The number of halogens is 4. The number of hydrogen-bond acceptors (Lipinski definition) is 4. The first-order chi connectivity index (χ1) is 11.8. The number of carbonyl (C=O) groups is 2. The van der Waals surface area contributed by atoms with E-state index in [1.807, 2.05) is 0 Å². The Kier molecular flexibility index (Phi) is 5.59. The maximum Gasteiger partial charge on any atom is 0.417 e. The van der Waals surface area contributed by atoms with E-state index in [9.17, 15) is 32.3 Å². The van der Waals surface area contributed by atoms with Crippen molar-refractivity contribution in [1.29, 1.82) is 0 Å². The van der Waals surface area contributed by atoms with Crippen LogP contribution in [0.2, 0.25) is 0 Å². The van der Waals surface area contributed by atoms with E-state index in [1.54, 1.807) is 6.92 Å². The molecular weight excluding hydrogens is 360 g/mol. The zero-order valence-electron chi connectivity index (χ0n) is 14.7. The topological polar surface area (TPSA) is 81.1 Å². The zero-order chi connectivity index (χ0) is 19.9. The summed E-state index contributed by atoms with van der Waals surface area (Å²) in [6, 6.07) is -0.431. The second-order valence-corrected chi connectivity index (χ2v) is 7.58. The first kappa shape index (κ1) is 20.9. The van der Waals surface area contributed by atoms with E-state index in [0.717, 1.165) is 0 Å². The van der Waals surface area contributed by atoms with Crippen molar-refractivity contribution in [3.05, 3.63) is 0 Å². The minimum absolute atomic E-state index is 0.0476. The van der Waals surface area contributed by atoms with Crippen LogP contribution >= 0.6 is 0 Å². The molecule has 26 heavy (non-hydrogen) atoms. The number of aliphatic hydroxyl groups is 2. The Morgan fingerprint density at radius 2 is 1.81 bits per heavy atom. The summed E-state index contributed by atoms with van der Waals surface area (Å²) < 4.78 is 51.9. The predicted octanol–water partition coefficient (Wildman–Crippen LogP) is 0.860. The molecule has 1 aliphatic heterocycles.